The van der Waals surface area contributed by atoms with Crippen LogP contribution < -0.4 is 0 Å². The molecule has 0 aromatic heterocycles. The Labute approximate surface area is 75.7 Å². The molecular weight excluding hydrogens is 176 g/mol. The van der Waals surface area contributed by atoms with Gasteiger partial charge in [0.2, 0.25) is 0 Å². The maximum atomic E-state index is 13.3. The summed E-state index contributed by atoms with van der Waals surface area (Å²) in [7, 11) is 4.00. The highest BCUT2D eigenvalue weighted by Gasteiger charge is 2.29. The first-order chi connectivity index (χ1) is 5.64. The van der Waals surface area contributed by atoms with Gasteiger partial charge in [-0.25, -0.2) is 4.39 Å². The van der Waals surface area contributed by atoms with Crippen LogP contribution in [0.25, 0.3) is 0 Å². The van der Waals surface area contributed by atoms with Crippen molar-refractivity contribution in [2.24, 2.45) is 0 Å². The number of hydrogen-bond acceptors (Lipinski definition) is 2. The molecule has 0 N–H and O–H groups in total. The molecule has 2 nitrogen and oxygen atoms in total. The second-order valence-corrected chi connectivity index (χ2v) is 4.40. The quantitative estimate of drug-likeness (QED) is 0.626. The van der Waals surface area contributed by atoms with E-state index >= 15 is 0 Å². The predicted molar refractivity (Wildman–Crippen MR) is 51.1 cm³/mol. The van der Waals surface area contributed by atoms with Crippen molar-refractivity contribution in [2.45, 2.75) is 18.3 Å². The Morgan fingerprint density at radius 2 is 2.08 bits per heavy atom. The summed E-state index contributed by atoms with van der Waals surface area (Å²) in [4.78, 5) is 2.24. The summed E-state index contributed by atoms with van der Waals surface area (Å²) in [6.07, 6.45) is 1.25. The van der Waals surface area contributed by atoms with Crippen LogP contribution in [-0.4, -0.2) is 43.7 Å². The van der Waals surface area contributed by atoms with Crippen LogP contribution in [0.1, 0.15) is 12.8 Å². The van der Waals surface area contributed by atoms with E-state index in [0.717, 1.165) is 26.2 Å². The Hall–Kier alpha value is 0.280. The van der Waals surface area contributed by atoms with Crippen molar-refractivity contribution < 1.29 is 9.13 Å². The molecule has 0 amide bonds. The van der Waals surface area contributed by atoms with Gasteiger partial charge in [-0.1, -0.05) is 9.24 Å². The Kier molecular flexibility index (Phi) is 3.88. The second kappa shape index (κ2) is 4.50. The third-order valence-corrected chi connectivity index (χ3v) is 2.88. The third-order valence-electron chi connectivity index (χ3n) is 2.30. The fourth-order valence-corrected chi connectivity index (χ4v) is 1.63. The van der Waals surface area contributed by atoms with Crippen LogP contribution in [0.3, 0.4) is 0 Å². The molecule has 1 fully saturated rings. The first-order valence-electron chi connectivity index (χ1n) is 4.33. The van der Waals surface area contributed by atoms with Gasteiger partial charge in [0.25, 0.3) is 0 Å². The number of methoxy groups -OCH3 is 1. The largest absolute Gasteiger partial charge is 0.383 e. The van der Waals surface area contributed by atoms with Crippen LogP contribution in [0.2, 0.25) is 0 Å². The Bertz CT molecular complexity index is 133. The molecule has 0 aliphatic carbocycles. The lowest BCUT2D eigenvalue weighted by atomic mass is 10.1. The summed E-state index contributed by atoms with van der Waals surface area (Å²) in [5.74, 6) is 0. The number of hydrogen-bond donors (Lipinski definition) is 0. The highest BCUT2D eigenvalue weighted by Crippen LogP contribution is 2.32. The lowest BCUT2D eigenvalue weighted by Crippen LogP contribution is -2.39. The zero-order valence-electron chi connectivity index (χ0n) is 7.55. The molecule has 1 aliphatic rings. The van der Waals surface area contributed by atoms with Crippen LogP contribution in [-0.2, 0) is 4.74 Å². The fourth-order valence-electron chi connectivity index (χ4n) is 1.37. The smallest absolute Gasteiger partial charge is 0.126 e. The topological polar surface area (TPSA) is 12.5 Å². The molecule has 1 aliphatic heterocycles. The molecule has 0 bridgehead atoms. The molecule has 0 radical (unpaired) electrons. The van der Waals surface area contributed by atoms with Crippen LogP contribution in [0.4, 0.5) is 4.39 Å². The van der Waals surface area contributed by atoms with E-state index in [0.29, 0.717) is 12.8 Å². The SMILES string of the molecule is COCCN1CCC(F)(P)CC1. The molecule has 0 aromatic carbocycles. The van der Waals surface area contributed by atoms with Crippen LogP contribution in [0.5, 0.6) is 0 Å². The van der Waals surface area contributed by atoms with Gasteiger partial charge in [-0.3, -0.25) is 0 Å². The summed E-state index contributed by atoms with van der Waals surface area (Å²) in [6, 6.07) is 0. The van der Waals surface area contributed by atoms with Crippen LogP contribution in [0, 0.1) is 0 Å². The van der Waals surface area contributed by atoms with Crippen molar-refractivity contribution in [3.8, 4) is 0 Å². The number of halogens is 1. The summed E-state index contributed by atoms with van der Waals surface area (Å²) in [5, 5.41) is -1.01. The molecule has 12 heavy (non-hydrogen) atoms. The van der Waals surface area contributed by atoms with Gasteiger partial charge in [0.05, 0.1) is 6.61 Å². The third kappa shape index (κ3) is 3.34. The molecule has 1 heterocycles. The van der Waals surface area contributed by atoms with Gasteiger partial charge in [0.1, 0.15) is 5.41 Å². The standard InChI is InChI=1S/C8H17FNOP/c1-11-7-6-10-4-2-8(9,12)3-5-10/h2-7,12H2,1H3. The van der Waals surface area contributed by atoms with Crippen molar-refractivity contribution in [2.75, 3.05) is 33.4 Å². The molecule has 1 atom stereocenters. The zero-order chi connectivity index (χ0) is 9.03. The zero-order valence-corrected chi connectivity index (χ0v) is 8.71. The molecular formula is C8H17FNOP. The van der Waals surface area contributed by atoms with E-state index in [1.54, 1.807) is 7.11 Å². The summed E-state index contributed by atoms with van der Waals surface area (Å²) in [6.45, 7) is 3.38. The van der Waals surface area contributed by atoms with Crippen molar-refractivity contribution >= 4 is 9.24 Å². The average Bonchev–Trinajstić information content (AvgIpc) is 2.03. The molecule has 72 valence electrons. The van der Waals surface area contributed by atoms with Crippen LogP contribution >= 0.6 is 9.24 Å². The average molecular weight is 193 g/mol. The Balaban J connectivity index is 2.18. The highest BCUT2D eigenvalue weighted by molar-refractivity contribution is 7.18. The first kappa shape index (κ1) is 10.4. The Morgan fingerprint density at radius 3 is 2.58 bits per heavy atom. The maximum Gasteiger partial charge on any atom is 0.126 e. The van der Waals surface area contributed by atoms with Gasteiger partial charge in [-0.15, -0.1) is 0 Å². The second-order valence-electron chi connectivity index (χ2n) is 3.37. The lowest BCUT2D eigenvalue weighted by molar-refractivity contribution is 0.0949. The minimum absolute atomic E-state index is 0.626. The van der Waals surface area contributed by atoms with Gasteiger partial charge in [-0.2, -0.15) is 0 Å². The van der Waals surface area contributed by atoms with E-state index in [-0.39, 0.29) is 0 Å². The predicted octanol–water partition coefficient (Wildman–Crippen LogP) is 1.27. The normalized spacial score (nSPS) is 24.2. The number of likely N-dealkylation sites (tertiary alicyclic amines) is 1. The lowest BCUT2D eigenvalue weighted by Gasteiger charge is -2.33. The van der Waals surface area contributed by atoms with E-state index in [1.807, 2.05) is 0 Å². The van der Waals surface area contributed by atoms with Gasteiger partial charge in [0, 0.05) is 26.7 Å². The van der Waals surface area contributed by atoms with E-state index < -0.39 is 5.41 Å². The van der Waals surface area contributed by atoms with Crippen molar-refractivity contribution in [1.29, 1.82) is 0 Å². The number of piperidine rings is 1. The van der Waals surface area contributed by atoms with Crippen molar-refractivity contribution in [3.05, 3.63) is 0 Å². The number of alkyl halides is 1. The summed E-state index contributed by atoms with van der Waals surface area (Å²) >= 11 is 0. The molecule has 1 rings (SSSR count). The molecule has 1 unspecified atom stereocenters. The summed E-state index contributed by atoms with van der Waals surface area (Å²) in [5.41, 5.74) is 0. The van der Waals surface area contributed by atoms with Crippen molar-refractivity contribution in [1.82, 2.24) is 4.90 Å². The van der Waals surface area contributed by atoms with Gasteiger partial charge in [-0.05, 0) is 12.8 Å². The van der Waals surface area contributed by atoms with Gasteiger partial charge >= 0.3 is 0 Å². The Morgan fingerprint density at radius 1 is 1.50 bits per heavy atom. The van der Waals surface area contributed by atoms with Gasteiger partial charge < -0.3 is 9.64 Å². The molecule has 1 saturated heterocycles. The van der Waals surface area contributed by atoms with E-state index in [4.69, 9.17) is 4.74 Å². The summed E-state index contributed by atoms with van der Waals surface area (Å²) < 4.78 is 18.2. The molecule has 0 spiro atoms. The molecule has 0 saturated carbocycles. The maximum absolute atomic E-state index is 13.3. The monoisotopic (exact) mass is 193 g/mol. The highest BCUT2D eigenvalue weighted by atomic mass is 31.0. The minimum Gasteiger partial charge on any atom is -0.383 e. The fraction of sp³-hybridized carbons (Fsp3) is 1.00. The number of rotatable bonds is 3. The number of nitrogens with zero attached hydrogens (tertiary/aromatic N) is 1. The number of ether oxygens (including phenoxy) is 1. The van der Waals surface area contributed by atoms with Crippen LogP contribution in [0.15, 0.2) is 0 Å². The molecule has 4 heteroatoms. The first-order valence-corrected chi connectivity index (χ1v) is 4.91. The van der Waals surface area contributed by atoms with E-state index in [9.17, 15) is 4.39 Å². The van der Waals surface area contributed by atoms with Gasteiger partial charge in [0.15, 0.2) is 0 Å². The molecule has 0 aromatic rings. The van der Waals surface area contributed by atoms with Crippen molar-refractivity contribution in [3.63, 3.8) is 0 Å². The van der Waals surface area contributed by atoms with E-state index in [2.05, 4.69) is 14.1 Å². The minimum atomic E-state index is -1.01. The van der Waals surface area contributed by atoms with E-state index in [1.165, 1.54) is 0 Å².